The SMILES string of the molecule is CCCCNC(Cc1ccc(C)cc1)c1ccccc1. The van der Waals surface area contributed by atoms with Crippen molar-refractivity contribution in [2.45, 2.75) is 39.2 Å². The molecule has 2 rings (SSSR count). The molecule has 2 aromatic carbocycles. The smallest absolute Gasteiger partial charge is 0.0360 e. The summed E-state index contributed by atoms with van der Waals surface area (Å²) in [5.74, 6) is 0. The predicted molar refractivity (Wildman–Crippen MR) is 87.0 cm³/mol. The highest BCUT2D eigenvalue weighted by Gasteiger charge is 2.11. The molecule has 0 fully saturated rings. The highest BCUT2D eigenvalue weighted by Crippen LogP contribution is 2.18. The molecule has 1 nitrogen and oxygen atoms in total. The van der Waals surface area contributed by atoms with Gasteiger partial charge < -0.3 is 5.32 Å². The summed E-state index contributed by atoms with van der Waals surface area (Å²) in [6, 6.07) is 20.1. The van der Waals surface area contributed by atoms with Crippen LogP contribution in [0.5, 0.6) is 0 Å². The van der Waals surface area contributed by atoms with E-state index in [9.17, 15) is 0 Å². The van der Waals surface area contributed by atoms with E-state index in [0.717, 1.165) is 13.0 Å². The van der Waals surface area contributed by atoms with E-state index in [4.69, 9.17) is 0 Å². The summed E-state index contributed by atoms with van der Waals surface area (Å²) >= 11 is 0. The minimum atomic E-state index is 0.408. The molecule has 0 aliphatic carbocycles. The zero-order chi connectivity index (χ0) is 14.2. The number of unbranched alkanes of at least 4 members (excludes halogenated alkanes) is 1. The summed E-state index contributed by atoms with van der Waals surface area (Å²) in [7, 11) is 0. The van der Waals surface area contributed by atoms with Crippen molar-refractivity contribution in [2.75, 3.05) is 6.54 Å². The second-order valence-electron chi connectivity index (χ2n) is 5.46. The van der Waals surface area contributed by atoms with Gasteiger partial charge in [0.05, 0.1) is 0 Å². The molecule has 1 N–H and O–H groups in total. The lowest BCUT2D eigenvalue weighted by Gasteiger charge is -2.19. The first-order valence-corrected chi connectivity index (χ1v) is 7.63. The Hall–Kier alpha value is -1.60. The molecule has 0 amide bonds. The van der Waals surface area contributed by atoms with Crippen LogP contribution >= 0.6 is 0 Å². The van der Waals surface area contributed by atoms with Crippen LogP contribution in [0.3, 0.4) is 0 Å². The Bertz CT molecular complexity index is 487. The van der Waals surface area contributed by atoms with Gasteiger partial charge in [-0.05, 0) is 37.4 Å². The molecule has 0 saturated heterocycles. The number of benzene rings is 2. The average Bonchev–Trinajstić information content (AvgIpc) is 2.49. The van der Waals surface area contributed by atoms with E-state index in [1.165, 1.54) is 29.5 Å². The van der Waals surface area contributed by atoms with Gasteiger partial charge in [0.15, 0.2) is 0 Å². The summed E-state index contributed by atoms with van der Waals surface area (Å²) in [5.41, 5.74) is 4.10. The van der Waals surface area contributed by atoms with E-state index in [-0.39, 0.29) is 0 Å². The molecule has 0 bridgehead atoms. The molecule has 0 spiro atoms. The third-order valence-electron chi connectivity index (χ3n) is 3.68. The topological polar surface area (TPSA) is 12.0 Å². The van der Waals surface area contributed by atoms with Crippen LogP contribution in [0.4, 0.5) is 0 Å². The van der Waals surface area contributed by atoms with Crippen LogP contribution in [0.2, 0.25) is 0 Å². The number of hydrogen-bond acceptors (Lipinski definition) is 1. The van der Waals surface area contributed by atoms with Crippen LogP contribution in [0.25, 0.3) is 0 Å². The Kier molecular flexibility index (Phi) is 5.82. The van der Waals surface area contributed by atoms with Crippen LogP contribution in [0.1, 0.15) is 42.5 Å². The van der Waals surface area contributed by atoms with Crippen molar-refractivity contribution in [3.8, 4) is 0 Å². The lowest BCUT2D eigenvalue weighted by atomic mass is 9.98. The highest BCUT2D eigenvalue weighted by atomic mass is 14.9. The molecular formula is C19H25N. The molecule has 106 valence electrons. The Morgan fingerprint density at radius 2 is 1.65 bits per heavy atom. The van der Waals surface area contributed by atoms with E-state index in [2.05, 4.69) is 73.8 Å². The third kappa shape index (κ3) is 4.50. The molecule has 1 unspecified atom stereocenters. The first kappa shape index (κ1) is 14.8. The quantitative estimate of drug-likeness (QED) is 0.719. The van der Waals surface area contributed by atoms with Gasteiger partial charge in [0.1, 0.15) is 0 Å². The van der Waals surface area contributed by atoms with Crippen molar-refractivity contribution in [2.24, 2.45) is 0 Å². The third-order valence-corrected chi connectivity index (χ3v) is 3.68. The molecule has 0 aliphatic heterocycles. The Morgan fingerprint density at radius 1 is 0.950 bits per heavy atom. The largest absolute Gasteiger partial charge is 0.310 e. The first-order valence-electron chi connectivity index (χ1n) is 7.63. The fourth-order valence-corrected chi connectivity index (χ4v) is 2.41. The molecule has 1 atom stereocenters. The summed E-state index contributed by atoms with van der Waals surface area (Å²) in [5, 5.41) is 3.70. The summed E-state index contributed by atoms with van der Waals surface area (Å²) < 4.78 is 0. The van der Waals surface area contributed by atoms with Gasteiger partial charge >= 0.3 is 0 Å². The van der Waals surface area contributed by atoms with E-state index in [1.54, 1.807) is 0 Å². The highest BCUT2D eigenvalue weighted by molar-refractivity contribution is 5.26. The van der Waals surface area contributed by atoms with Gasteiger partial charge in [-0.2, -0.15) is 0 Å². The molecule has 0 saturated carbocycles. The zero-order valence-electron chi connectivity index (χ0n) is 12.6. The van der Waals surface area contributed by atoms with E-state index in [1.807, 2.05) is 0 Å². The maximum Gasteiger partial charge on any atom is 0.0360 e. The van der Waals surface area contributed by atoms with Crippen molar-refractivity contribution in [3.63, 3.8) is 0 Å². The monoisotopic (exact) mass is 267 g/mol. The lowest BCUT2D eigenvalue weighted by molar-refractivity contribution is 0.518. The first-order chi connectivity index (χ1) is 9.79. The van der Waals surface area contributed by atoms with Crippen LogP contribution in [-0.2, 0) is 6.42 Å². The maximum atomic E-state index is 3.70. The number of rotatable bonds is 7. The fraction of sp³-hybridized carbons (Fsp3) is 0.368. The van der Waals surface area contributed by atoms with Crippen LogP contribution in [0.15, 0.2) is 54.6 Å². The summed E-state index contributed by atoms with van der Waals surface area (Å²) in [4.78, 5) is 0. The Labute approximate surface area is 123 Å². The van der Waals surface area contributed by atoms with Gasteiger partial charge in [-0.15, -0.1) is 0 Å². The average molecular weight is 267 g/mol. The summed E-state index contributed by atoms with van der Waals surface area (Å²) in [6.07, 6.45) is 3.52. The number of aryl methyl sites for hydroxylation is 1. The standard InChI is InChI=1S/C19H25N/c1-3-4-14-20-19(18-8-6-5-7-9-18)15-17-12-10-16(2)11-13-17/h5-13,19-20H,3-4,14-15H2,1-2H3. The zero-order valence-corrected chi connectivity index (χ0v) is 12.6. The van der Waals surface area contributed by atoms with Gasteiger partial charge in [-0.25, -0.2) is 0 Å². The molecular weight excluding hydrogens is 242 g/mol. The van der Waals surface area contributed by atoms with Crippen molar-refractivity contribution < 1.29 is 0 Å². The molecule has 1 heteroatoms. The molecule has 0 aliphatic rings. The van der Waals surface area contributed by atoms with E-state index >= 15 is 0 Å². The number of hydrogen-bond donors (Lipinski definition) is 1. The Balaban J connectivity index is 2.07. The van der Waals surface area contributed by atoms with Gasteiger partial charge in [-0.3, -0.25) is 0 Å². The van der Waals surface area contributed by atoms with Crippen molar-refractivity contribution in [1.82, 2.24) is 5.32 Å². The molecule has 0 heterocycles. The van der Waals surface area contributed by atoms with Crippen LogP contribution < -0.4 is 5.32 Å². The van der Waals surface area contributed by atoms with Gasteiger partial charge in [-0.1, -0.05) is 73.5 Å². The van der Waals surface area contributed by atoms with Gasteiger partial charge in [0.25, 0.3) is 0 Å². The second kappa shape index (κ2) is 7.86. The van der Waals surface area contributed by atoms with Crippen molar-refractivity contribution in [1.29, 1.82) is 0 Å². The minimum Gasteiger partial charge on any atom is -0.310 e. The van der Waals surface area contributed by atoms with Crippen molar-refractivity contribution in [3.05, 3.63) is 71.3 Å². The predicted octanol–water partition coefficient (Wildman–Crippen LogP) is 4.67. The molecule has 20 heavy (non-hydrogen) atoms. The van der Waals surface area contributed by atoms with E-state index < -0.39 is 0 Å². The molecule has 0 aromatic heterocycles. The normalized spacial score (nSPS) is 12.3. The minimum absolute atomic E-state index is 0.408. The summed E-state index contributed by atoms with van der Waals surface area (Å²) in [6.45, 7) is 5.46. The van der Waals surface area contributed by atoms with Crippen LogP contribution in [-0.4, -0.2) is 6.54 Å². The second-order valence-corrected chi connectivity index (χ2v) is 5.46. The van der Waals surface area contributed by atoms with E-state index in [0.29, 0.717) is 6.04 Å². The lowest BCUT2D eigenvalue weighted by Crippen LogP contribution is -2.24. The van der Waals surface area contributed by atoms with Gasteiger partial charge in [0, 0.05) is 6.04 Å². The maximum absolute atomic E-state index is 3.70. The molecule has 0 radical (unpaired) electrons. The number of nitrogens with one attached hydrogen (secondary N) is 1. The van der Waals surface area contributed by atoms with Gasteiger partial charge in [0.2, 0.25) is 0 Å². The molecule has 2 aromatic rings. The Morgan fingerprint density at radius 3 is 2.30 bits per heavy atom. The van der Waals surface area contributed by atoms with Crippen LogP contribution in [0, 0.1) is 6.92 Å². The fourth-order valence-electron chi connectivity index (χ4n) is 2.41. The van der Waals surface area contributed by atoms with Crippen molar-refractivity contribution >= 4 is 0 Å².